The van der Waals surface area contributed by atoms with E-state index in [0.717, 1.165) is 25.2 Å². The lowest BCUT2D eigenvalue weighted by Gasteiger charge is -2.29. The molecule has 0 aromatic heterocycles. The summed E-state index contributed by atoms with van der Waals surface area (Å²) in [6, 6.07) is 3.67. The number of nitrogens with one attached hydrogen (secondary N) is 2. The Morgan fingerprint density at radius 3 is 2.44 bits per heavy atom. The van der Waals surface area contributed by atoms with Crippen LogP contribution in [0.4, 0.5) is 18.9 Å². The van der Waals surface area contributed by atoms with E-state index in [0.29, 0.717) is 5.69 Å². The molecule has 1 aliphatic heterocycles. The maximum absolute atomic E-state index is 12.5. The molecule has 0 radical (unpaired) electrons. The molecule has 1 fully saturated rings. The summed E-state index contributed by atoms with van der Waals surface area (Å²) >= 11 is 5.65. The van der Waals surface area contributed by atoms with Crippen molar-refractivity contribution in [2.45, 2.75) is 12.2 Å². The molecule has 0 atom stereocenters. The number of alkyl halides is 3. The number of rotatable bonds is 2. The van der Waals surface area contributed by atoms with Gasteiger partial charge in [-0.05, 0) is 18.2 Å². The van der Waals surface area contributed by atoms with Gasteiger partial charge in [-0.15, -0.1) is 0 Å². The molecular formula is C10H10ClF3N2. The normalized spacial score (nSPS) is 17.0. The van der Waals surface area contributed by atoms with Crippen molar-refractivity contribution in [3.8, 4) is 0 Å². The van der Waals surface area contributed by atoms with Crippen LogP contribution in [0.3, 0.4) is 0 Å². The van der Waals surface area contributed by atoms with Gasteiger partial charge in [0.15, 0.2) is 0 Å². The molecule has 16 heavy (non-hydrogen) atoms. The topological polar surface area (TPSA) is 24.1 Å². The van der Waals surface area contributed by atoms with E-state index < -0.39 is 11.7 Å². The maximum atomic E-state index is 12.5. The largest absolute Gasteiger partial charge is 0.416 e. The van der Waals surface area contributed by atoms with E-state index >= 15 is 0 Å². The molecule has 1 aliphatic rings. The zero-order valence-corrected chi connectivity index (χ0v) is 8.99. The van der Waals surface area contributed by atoms with Crippen LogP contribution in [0.1, 0.15) is 5.56 Å². The van der Waals surface area contributed by atoms with Crippen LogP contribution in [0.25, 0.3) is 0 Å². The SMILES string of the molecule is FC(F)(F)c1cc(Cl)cc(NC2CNC2)c1. The van der Waals surface area contributed by atoms with E-state index in [1.807, 2.05) is 0 Å². The molecule has 0 spiro atoms. The highest BCUT2D eigenvalue weighted by Crippen LogP contribution is 2.33. The van der Waals surface area contributed by atoms with Gasteiger partial charge < -0.3 is 10.6 Å². The molecule has 1 heterocycles. The third kappa shape index (κ3) is 2.59. The molecule has 0 unspecified atom stereocenters. The summed E-state index contributed by atoms with van der Waals surface area (Å²) in [6.45, 7) is 1.52. The first-order valence-corrected chi connectivity index (χ1v) is 5.18. The van der Waals surface area contributed by atoms with Crippen molar-refractivity contribution in [2.75, 3.05) is 18.4 Å². The van der Waals surface area contributed by atoms with Crippen molar-refractivity contribution < 1.29 is 13.2 Å². The first-order valence-electron chi connectivity index (χ1n) is 4.80. The molecule has 1 aromatic carbocycles. The fraction of sp³-hybridized carbons (Fsp3) is 0.400. The van der Waals surface area contributed by atoms with Crippen LogP contribution in [0.5, 0.6) is 0 Å². The van der Waals surface area contributed by atoms with E-state index in [1.54, 1.807) is 0 Å². The molecule has 88 valence electrons. The molecule has 0 bridgehead atoms. The second-order valence-electron chi connectivity index (χ2n) is 3.73. The fourth-order valence-electron chi connectivity index (χ4n) is 1.46. The second kappa shape index (κ2) is 4.14. The maximum Gasteiger partial charge on any atom is 0.416 e. The average molecular weight is 251 g/mol. The first kappa shape index (κ1) is 11.5. The van der Waals surface area contributed by atoms with Crippen LogP contribution in [-0.2, 0) is 6.18 Å². The van der Waals surface area contributed by atoms with Gasteiger partial charge in [-0.25, -0.2) is 0 Å². The molecule has 1 saturated heterocycles. The van der Waals surface area contributed by atoms with E-state index in [1.165, 1.54) is 6.07 Å². The standard InChI is InChI=1S/C10H10ClF3N2/c11-7-1-6(10(12,13)14)2-8(3-7)16-9-4-15-5-9/h1-3,9,15-16H,4-5H2. The minimum atomic E-state index is -4.36. The predicted octanol–water partition coefficient (Wildman–Crippen LogP) is 2.74. The number of hydrogen-bond acceptors (Lipinski definition) is 2. The van der Waals surface area contributed by atoms with E-state index in [2.05, 4.69) is 10.6 Å². The van der Waals surface area contributed by atoms with Gasteiger partial charge >= 0.3 is 6.18 Å². The zero-order chi connectivity index (χ0) is 11.8. The Balaban J connectivity index is 2.21. The van der Waals surface area contributed by atoms with Gasteiger partial charge in [-0.2, -0.15) is 13.2 Å². The third-order valence-electron chi connectivity index (χ3n) is 2.38. The van der Waals surface area contributed by atoms with Crippen LogP contribution in [-0.4, -0.2) is 19.1 Å². The monoisotopic (exact) mass is 250 g/mol. The van der Waals surface area contributed by atoms with Crippen molar-refractivity contribution in [3.05, 3.63) is 28.8 Å². The lowest BCUT2D eigenvalue weighted by Crippen LogP contribution is -2.51. The Morgan fingerprint density at radius 1 is 1.25 bits per heavy atom. The van der Waals surface area contributed by atoms with E-state index in [-0.39, 0.29) is 11.1 Å². The Labute approximate surface area is 95.8 Å². The summed E-state index contributed by atoms with van der Waals surface area (Å²) in [7, 11) is 0. The average Bonchev–Trinajstić information content (AvgIpc) is 2.09. The van der Waals surface area contributed by atoms with Crippen molar-refractivity contribution >= 4 is 17.3 Å². The summed E-state index contributed by atoms with van der Waals surface area (Å²) in [6.07, 6.45) is -4.36. The Bertz CT molecular complexity index is 388. The van der Waals surface area contributed by atoms with Gasteiger partial charge in [0.05, 0.1) is 11.6 Å². The highest BCUT2D eigenvalue weighted by molar-refractivity contribution is 6.30. The summed E-state index contributed by atoms with van der Waals surface area (Å²) in [4.78, 5) is 0. The van der Waals surface area contributed by atoms with Gasteiger partial charge in [-0.1, -0.05) is 11.6 Å². The smallest absolute Gasteiger partial charge is 0.380 e. The van der Waals surface area contributed by atoms with E-state index in [4.69, 9.17) is 11.6 Å². The number of halogens is 4. The minimum Gasteiger partial charge on any atom is -0.380 e. The van der Waals surface area contributed by atoms with Crippen LogP contribution in [0.2, 0.25) is 5.02 Å². The van der Waals surface area contributed by atoms with Gasteiger partial charge in [-0.3, -0.25) is 0 Å². The van der Waals surface area contributed by atoms with Crippen molar-refractivity contribution in [1.29, 1.82) is 0 Å². The van der Waals surface area contributed by atoms with Crippen molar-refractivity contribution in [2.24, 2.45) is 0 Å². The van der Waals surface area contributed by atoms with Crippen LogP contribution < -0.4 is 10.6 Å². The number of benzene rings is 1. The molecule has 2 rings (SSSR count). The molecular weight excluding hydrogens is 241 g/mol. The Morgan fingerprint density at radius 2 is 1.94 bits per heavy atom. The molecule has 2 nitrogen and oxygen atoms in total. The quantitative estimate of drug-likeness (QED) is 0.843. The van der Waals surface area contributed by atoms with E-state index in [9.17, 15) is 13.2 Å². The second-order valence-corrected chi connectivity index (χ2v) is 4.16. The highest BCUT2D eigenvalue weighted by atomic mass is 35.5. The van der Waals surface area contributed by atoms with Gasteiger partial charge in [0.25, 0.3) is 0 Å². The zero-order valence-electron chi connectivity index (χ0n) is 8.24. The van der Waals surface area contributed by atoms with Gasteiger partial charge in [0.2, 0.25) is 0 Å². The van der Waals surface area contributed by atoms with Crippen molar-refractivity contribution in [1.82, 2.24) is 5.32 Å². The fourth-order valence-corrected chi connectivity index (χ4v) is 1.70. The summed E-state index contributed by atoms with van der Waals surface area (Å²) in [5.41, 5.74) is -0.318. The summed E-state index contributed by atoms with van der Waals surface area (Å²) in [5, 5.41) is 6.10. The summed E-state index contributed by atoms with van der Waals surface area (Å²) < 4.78 is 37.4. The lowest BCUT2D eigenvalue weighted by atomic mass is 10.1. The molecule has 0 aliphatic carbocycles. The van der Waals surface area contributed by atoms with Crippen LogP contribution >= 0.6 is 11.6 Å². The van der Waals surface area contributed by atoms with Gasteiger partial charge in [0, 0.05) is 23.8 Å². The minimum absolute atomic E-state index is 0.0876. The highest BCUT2D eigenvalue weighted by Gasteiger charge is 2.31. The van der Waals surface area contributed by atoms with Crippen LogP contribution in [0.15, 0.2) is 18.2 Å². The third-order valence-corrected chi connectivity index (χ3v) is 2.60. The first-order chi connectivity index (χ1) is 7.45. The molecule has 6 heteroatoms. The molecule has 1 aromatic rings. The molecule has 2 N–H and O–H groups in total. The predicted molar refractivity (Wildman–Crippen MR) is 56.7 cm³/mol. The lowest BCUT2D eigenvalue weighted by molar-refractivity contribution is -0.137. The van der Waals surface area contributed by atoms with Crippen LogP contribution in [0, 0.1) is 0 Å². The Hall–Kier alpha value is -0.940. The molecule has 0 saturated carbocycles. The number of anilines is 1. The summed E-state index contributed by atoms with van der Waals surface area (Å²) in [5.74, 6) is 0. The molecule has 0 amide bonds. The van der Waals surface area contributed by atoms with Gasteiger partial charge in [0.1, 0.15) is 0 Å². The Kier molecular flexibility index (Phi) is 2.99. The van der Waals surface area contributed by atoms with Crippen molar-refractivity contribution in [3.63, 3.8) is 0 Å². The number of hydrogen-bond donors (Lipinski definition) is 2.